The number of amides is 8. The standard InChI is InChI=1S/C29H38N8O9S/c1-3-4-5-6-7-11-14-35-15-16-36(27(41)26(35)40)28(42)31-23(20-12-9-8-10-13-20)24(38)30-21-18-37(25(21)39)29(43)34-47(44,45)33-22-17-19(2)46-32-22/h8-10,12-13,17,21,23H,3-7,11,14-16,18H2,1-2H3,(H,30,38)(H,31,42)(H,32,33)(H,34,43)/t21-,23?/m0/s1. The molecule has 2 fully saturated rings. The highest BCUT2D eigenvalue weighted by atomic mass is 32.2. The lowest BCUT2D eigenvalue weighted by molar-refractivity contribution is -0.153. The number of nitrogens with zero attached hydrogens (tertiary/aromatic N) is 4. The van der Waals surface area contributed by atoms with Crippen LogP contribution in [0.1, 0.15) is 62.8 Å². The second kappa shape index (κ2) is 15.5. The van der Waals surface area contributed by atoms with E-state index in [0.717, 1.165) is 43.4 Å². The zero-order valence-corrected chi connectivity index (χ0v) is 26.9. The van der Waals surface area contributed by atoms with Crippen molar-refractivity contribution in [2.75, 3.05) is 30.9 Å². The van der Waals surface area contributed by atoms with E-state index in [-0.39, 0.29) is 25.5 Å². The molecule has 1 unspecified atom stereocenters. The monoisotopic (exact) mass is 674 g/mol. The molecule has 2 saturated heterocycles. The molecule has 4 N–H and O–H groups in total. The Hall–Kier alpha value is -5.00. The maximum absolute atomic E-state index is 13.3. The van der Waals surface area contributed by atoms with Crippen molar-refractivity contribution in [3.63, 3.8) is 0 Å². The van der Waals surface area contributed by atoms with Crippen LogP contribution in [0.25, 0.3) is 0 Å². The van der Waals surface area contributed by atoms with Gasteiger partial charge in [0.15, 0.2) is 5.82 Å². The van der Waals surface area contributed by atoms with Crippen molar-refractivity contribution in [2.24, 2.45) is 0 Å². The highest BCUT2D eigenvalue weighted by molar-refractivity contribution is 7.91. The van der Waals surface area contributed by atoms with Crippen LogP contribution in [-0.2, 0) is 29.4 Å². The van der Waals surface area contributed by atoms with Crippen LogP contribution in [0.4, 0.5) is 15.4 Å². The summed E-state index contributed by atoms with van der Waals surface area (Å²) in [5.41, 5.74) is 0.320. The number of nitrogens with one attached hydrogen (secondary N) is 4. The van der Waals surface area contributed by atoms with Gasteiger partial charge in [-0.1, -0.05) is 74.5 Å². The number of aryl methyl sites for hydroxylation is 1. The van der Waals surface area contributed by atoms with Gasteiger partial charge in [0.2, 0.25) is 5.91 Å². The lowest BCUT2D eigenvalue weighted by Gasteiger charge is -2.37. The number of hydrogen-bond donors (Lipinski definition) is 4. The first kappa shape index (κ1) is 34.9. The van der Waals surface area contributed by atoms with Crippen LogP contribution in [-0.4, -0.2) is 96.2 Å². The molecule has 18 heteroatoms. The molecular formula is C29H38N8O9S. The molecule has 2 aliphatic rings. The van der Waals surface area contributed by atoms with Crippen LogP contribution in [0, 0.1) is 6.92 Å². The van der Waals surface area contributed by atoms with Gasteiger partial charge in [-0.25, -0.2) is 19.0 Å². The van der Waals surface area contributed by atoms with Crippen LogP contribution >= 0.6 is 0 Å². The van der Waals surface area contributed by atoms with Gasteiger partial charge < -0.3 is 20.1 Å². The highest BCUT2D eigenvalue weighted by Crippen LogP contribution is 2.18. The van der Waals surface area contributed by atoms with Gasteiger partial charge in [0.1, 0.15) is 17.8 Å². The van der Waals surface area contributed by atoms with Crippen molar-refractivity contribution in [2.45, 2.75) is 64.5 Å². The number of carbonyl (C=O) groups excluding carboxylic acids is 6. The second-order valence-electron chi connectivity index (χ2n) is 11.2. The lowest BCUT2D eigenvalue weighted by atomic mass is 10.0. The molecule has 8 amide bonds. The molecule has 2 atom stereocenters. The Labute approximate surface area is 271 Å². The molecule has 0 radical (unpaired) electrons. The van der Waals surface area contributed by atoms with Crippen molar-refractivity contribution < 1.29 is 41.7 Å². The third kappa shape index (κ3) is 9.05. The summed E-state index contributed by atoms with van der Waals surface area (Å²) in [7, 11) is -4.46. The fourth-order valence-corrected chi connectivity index (χ4v) is 5.79. The van der Waals surface area contributed by atoms with Gasteiger partial charge in [-0.2, -0.15) is 8.42 Å². The summed E-state index contributed by atoms with van der Waals surface area (Å²) in [5.74, 6) is -3.41. The SMILES string of the molecule is CCCCCCCCN1CCN(C(=O)NC(C(=O)N[C@H]2CN(C(=O)NS(=O)(=O)Nc3cc(C)on3)C2=O)c2ccccc2)C(=O)C1=O. The summed E-state index contributed by atoms with van der Waals surface area (Å²) >= 11 is 0. The van der Waals surface area contributed by atoms with Gasteiger partial charge in [0.05, 0.1) is 6.54 Å². The Morgan fingerprint density at radius 2 is 1.66 bits per heavy atom. The average Bonchev–Trinajstić information content (AvgIpc) is 3.44. The smallest absolute Gasteiger partial charge is 0.339 e. The maximum Gasteiger partial charge on any atom is 0.339 e. The van der Waals surface area contributed by atoms with E-state index in [0.29, 0.717) is 22.8 Å². The number of likely N-dealkylation sites (tertiary alicyclic amines) is 1. The maximum atomic E-state index is 13.3. The van der Waals surface area contributed by atoms with Gasteiger partial charge >= 0.3 is 34.1 Å². The molecule has 0 spiro atoms. The van der Waals surface area contributed by atoms with Gasteiger partial charge in [-0.15, -0.1) is 0 Å². The number of unbranched alkanes of at least 4 members (excludes halogenated alkanes) is 5. The summed E-state index contributed by atoms with van der Waals surface area (Å²) in [6.07, 6.45) is 6.11. The van der Waals surface area contributed by atoms with Crippen molar-refractivity contribution in [3.05, 3.63) is 47.7 Å². The molecule has 0 saturated carbocycles. The van der Waals surface area contributed by atoms with Gasteiger partial charge in [-0.3, -0.25) is 29.0 Å². The predicted octanol–water partition coefficient (Wildman–Crippen LogP) is 1.16. The molecule has 3 heterocycles. The average molecular weight is 675 g/mol. The van der Waals surface area contributed by atoms with Crippen LogP contribution in [0.5, 0.6) is 0 Å². The molecular weight excluding hydrogens is 636 g/mol. The normalized spacial score (nSPS) is 17.2. The van der Waals surface area contributed by atoms with E-state index in [4.69, 9.17) is 4.52 Å². The first-order valence-corrected chi connectivity index (χ1v) is 16.7. The fourth-order valence-electron chi connectivity index (χ4n) is 5.03. The van der Waals surface area contributed by atoms with Crippen LogP contribution < -0.4 is 20.1 Å². The van der Waals surface area contributed by atoms with Crippen LogP contribution in [0.15, 0.2) is 40.9 Å². The quantitative estimate of drug-likeness (QED) is 0.127. The Balaban J connectivity index is 1.32. The zero-order valence-electron chi connectivity index (χ0n) is 26.1. The number of carbonyl (C=O) groups is 6. The van der Waals surface area contributed by atoms with Gasteiger partial charge in [0.25, 0.3) is 5.91 Å². The minimum atomic E-state index is -4.46. The topological polar surface area (TPSA) is 220 Å². The zero-order chi connectivity index (χ0) is 34.1. The van der Waals surface area contributed by atoms with E-state index in [1.165, 1.54) is 17.9 Å². The van der Waals surface area contributed by atoms with Crippen LogP contribution in [0.2, 0.25) is 0 Å². The number of benzene rings is 1. The van der Waals surface area contributed by atoms with E-state index in [1.54, 1.807) is 35.1 Å². The number of anilines is 1. The van der Waals surface area contributed by atoms with Crippen LogP contribution in [0.3, 0.4) is 0 Å². The molecule has 2 aromatic rings. The fraction of sp³-hybridized carbons (Fsp3) is 0.483. The summed E-state index contributed by atoms with van der Waals surface area (Å²) in [6.45, 7) is 3.80. The number of piperazine rings is 1. The Morgan fingerprint density at radius 3 is 2.32 bits per heavy atom. The van der Waals surface area contributed by atoms with E-state index < -0.39 is 58.0 Å². The molecule has 254 valence electrons. The van der Waals surface area contributed by atoms with Crippen molar-refractivity contribution in [3.8, 4) is 0 Å². The lowest BCUT2D eigenvalue weighted by Crippen LogP contribution is -2.68. The number of aromatic nitrogens is 1. The summed E-state index contributed by atoms with van der Waals surface area (Å²) in [4.78, 5) is 80.0. The second-order valence-corrected chi connectivity index (χ2v) is 12.6. The minimum absolute atomic E-state index is 0.0609. The number of imide groups is 2. The van der Waals surface area contributed by atoms with E-state index >= 15 is 0 Å². The van der Waals surface area contributed by atoms with Crippen molar-refractivity contribution in [1.82, 2.24) is 35.2 Å². The minimum Gasteiger partial charge on any atom is -0.360 e. The highest BCUT2D eigenvalue weighted by Gasteiger charge is 2.44. The van der Waals surface area contributed by atoms with E-state index in [2.05, 4.69) is 22.7 Å². The third-order valence-electron chi connectivity index (χ3n) is 7.58. The molecule has 1 aromatic carbocycles. The molecule has 2 aliphatic heterocycles. The predicted molar refractivity (Wildman–Crippen MR) is 165 cm³/mol. The Morgan fingerprint density at radius 1 is 0.957 bits per heavy atom. The molecule has 17 nitrogen and oxygen atoms in total. The van der Waals surface area contributed by atoms with Gasteiger partial charge in [0, 0.05) is 25.7 Å². The number of rotatable bonds is 14. The number of urea groups is 2. The van der Waals surface area contributed by atoms with E-state index in [1.807, 2.05) is 4.72 Å². The molecule has 47 heavy (non-hydrogen) atoms. The van der Waals surface area contributed by atoms with Crippen molar-refractivity contribution >= 4 is 51.7 Å². The Bertz CT molecular complexity index is 1600. The number of β-lactam (4-membered cyclic amide) rings is 1. The first-order chi connectivity index (χ1) is 22.4. The third-order valence-corrected chi connectivity index (χ3v) is 8.50. The Kier molecular flexibility index (Phi) is 11.5. The van der Waals surface area contributed by atoms with Gasteiger partial charge in [-0.05, 0) is 18.9 Å². The largest absolute Gasteiger partial charge is 0.360 e. The molecule has 4 rings (SSSR count). The molecule has 1 aromatic heterocycles. The summed E-state index contributed by atoms with van der Waals surface area (Å²) < 4.78 is 32.9. The van der Waals surface area contributed by atoms with Crippen molar-refractivity contribution in [1.29, 1.82) is 0 Å². The summed E-state index contributed by atoms with van der Waals surface area (Å²) in [5, 5.41) is 8.37. The first-order valence-electron chi connectivity index (χ1n) is 15.3. The summed E-state index contributed by atoms with van der Waals surface area (Å²) in [6, 6.07) is 4.48. The van der Waals surface area contributed by atoms with E-state index in [9.17, 15) is 37.2 Å². The molecule has 0 bridgehead atoms. The molecule has 0 aliphatic carbocycles. The number of hydrogen-bond acceptors (Lipinski definition) is 10.